The van der Waals surface area contributed by atoms with Gasteiger partial charge in [0.15, 0.2) is 0 Å². The lowest BCUT2D eigenvalue weighted by Crippen LogP contribution is -2.40. The summed E-state index contributed by atoms with van der Waals surface area (Å²) < 4.78 is 5.70. The highest BCUT2D eigenvalue weighted by Gasteiger charge is 2.40. The molecule has 0 aromatic heterocycles. The molecule has 0 spiro atoms. The molecule has 1 heterocycles. The molecule has 2 heteroatoms. The SMILES string of the molecule is CC(C)(C)C1(C)C=CC(CO)O1. The number of ether oxygens (including phenoxy) is 1. The molecule has 1 N–H and O–H groups in total. The number of aliphatic hydroxyl groups is 1. The molecule has 1 aliphatic heterocycles. The van der Waals surface area contributed by atoms with Crippen LogP contribution in [-0.4, -0.2) is 23.4 Å². The lowest BCUT2D eigenvalue weighted by atomic mass is 9.78. The van der Waals surface area contributed by atoms with Gasteiger partial charge in [0.2, 0.25) is 0 Å². The van der Waals surface area contributed by atoms with Gasteiger partial charge < -0.3 is 9.84 Å². The van der Waals surface area contributed by atoms with Crippen LogP contribution in [0.15, 0.2) is 12.2 Å². The van der Waals surface area contributed by atoms with Gasteiger partial charge in [0.05, 0.1) is 18.3 Å². The number of rotatable bonds is 1. The van der Waals surface area contributed by atoms with Gasteiger partial charge in [-0.05, 0) is 12.3 Å². The van der Waals surface area contributed by atoms with Crippen molar-refractivity contribution in [2.45, 2.75) is 39.4 Å². The summed E-state index contributed by atoms with van der Waals surface area (Å²) in [5.74, 6) is 0. The zero-order valence-electron chi connectivity index (χ0n) is 8.29. The van der Waals surface area contributed by atoms with E-state index in [0.29, 0.717) is 0 Å². The van der Waals surface area contributed by atoms with E-state index in [-0.39, 0.29) is 23.7 Å². The van der Waals surface area contributed by atoms with Crippen molar-refractivity contribution in [3.8, 4) is 0 Å². The predicted octanol–water partition coefficient (Wildman–Crippen LogP) is 1.74. The summed E-state index contributed by atoms with van der Waals surface area (Å²) in [5.41, 5.74) is -0.159. The fraction of sp³-hybridized carbons (Fsp3) is 0.800. The maximum atomic E-state index is 8.89. The van der Waals surface area contributed by atoms with Crippen LogP contribution in [0.5, 0.6) is 0 Å². The van der Waals surface area contributed by atoms with Crippen molar-refractivity contribution in [3.05, 3.63) is 12.2 Å². The third kappa shape index (κ3) is 1.54. The fourth-order valence-corrected chi connectivity index (χ4v) is 1.21. The zero-order valence-corrected chi connectivity index (χ0v) is 8.29. The van der Waals surface area contributed by atoms with Crippen molar-refractivity contribution in [1.29, 1.82) is 0 Å². The number of hydrogen-bond acceptors (Lipinski definition) is 2. The van der Waals surface area contributed by atoms with Crippen LogP contribution in [-0.2, 0) is 4.74 Å². The molecule has 0 amide bonds. The molecule has 0 fully saturated rings. The first-order valence-electron chi connectivity index (χ1n) is 4.37. The fourth-order valence-electron chi connectivity index (χ4n) is 1.21. The molecule has 0 saturated carbocycles. The average molecular weight is 170 g/mol. The Balaban J connectivity index is 2.73. The molecule has 0 aliphatic carbocycles. The minimum atomic E-state index is -0.236. The second-order valence-corrected chi connectivity index (χ2v) is 4.56. The van der Waals surface area contributed by atoms with Crippen LogP contribution in [0.4, 0.5) is 0 Å². The van der Waals surface area contributed by atoms with Crippen LogP contribution in [0.2, 0.25) is 0 Å². The van der Waals surface area contributed by atoms with Gasteiger partial charge in [0.1, 0.15) is 0 Å². The van der Waals surface area contributed by atoms with Crippen LogP contribution in [0.1, 0.15) is 27.7 Å². The summed E-state index contributed by atoms with van der Waals surface area (Å²) in [6, 6.07) is 0. The molecule has 12 heavy (non-hydrogen) atoms. The molecular formula is C10H18O2. The molecule has 0 aromatic carbocycles. The molecule has 70 valence electrons. The Kier molecular flexibility index (Phi) is 2.32. The molecule has 0 aromatic rings. The van der Waals surface area contributed by atoms with E-state index >= 15 is 0 Å². The van der Waals surface area contributed by atoms with Gasteiger partial charge in [-0.1, -0.05) is 32.9 Å². The third-order valence-corrected chi connectivity index (χ3v) is 2.69. The maximum Gasteiger partial charge on any atom is 0.0999 e. The molecule has 0 radical (unpaired) electrons. The Morgan fingerprint density at radius 3 is 2.33 bits per heavy atom. The highest BCUT2D eigenvalue weighted by molar-refractivity contribution is 5.14. The van der Waals surface area contributed by atoms with E-state index in [1.807, 2.05) is 12.2 Å². The van der Waals surface area contributed by atoms with E-state index in [0.717, 1.165) is 0 Å². The van der Waals surface area contributed by atoms with Crippen molar-refractivity contribution in [2.75, 3.05) is 6.61 Å². The Hall–Kier alpha value is -0.340. The minimum Gasteiger partial charge on any atom is -0.393 e. The monoisotopic (exact) mass is 170 g/mol. The first-order valence-corrected chi connectivity index (χ1v) is 4.37. The second-order valence-electron chi connectivity index (χ2n) is 4.56. The van der Waals surface area contributed by atoms with Gasteiger partial charge in [0, 0.05) is 0 Å². The normalized spacial score (nSPS) is 35.9. The number of aliphatic hydroxyl groups excluding tert-OH is 1. The maximum absolute atomic E-state index is 8.89. The van der Waals surface area contributed by atoms with Gasteiger partial charge in [0.25, 0.3) is 0 Å². The average Bonchev–Trinajstić information content (AvgIpc) is 2.31. The van der Waals surface area contributed by atoms with Crippen LogP contribution >= 0.6 is 0 Å². The van der Waals surface area contributed by atoms with Gasteiger partial charge in [-0.2, -0.15) is 0 Å². The Morgan fingerprint density at radius 1 is 1.50 bits per heavy atom. The van der Waals surface area contributed by atoms with Crippen molar-refractivity contribution in [2.24, 2.45) is 5.41 Å². The molecule has 0 saturated heterocycles. The van der Waals surface area contributed by atoms with E-state index in [1.54, 1.807) is 0 Å². The molecule has 0 bridgehead atoms. The Bertz CT molecular complexity index is 191. The summed E-state index contributed by atoms with van der Waals surface area (Å²) in [6.07, 6.45) is 3.87. The molecule has 1 aliphatic rings. The Labute approximate surface area is 74.2 Å². The second kappa shape index (κ2) is 2.86. The van der Waals surface area contributed by atoms with Gasteiger partial charge in [-0.3, -0.25) is 0 Å². The van der Waals surface area contributed by atoms with E-state index in [4.69, 9.17) is 9.84 Å². The van der Waals surface area contributed by atoms with E-state index in [1.165, 1.54) is 0 Å². The summed E-state index contributed by atoms with van der Waals surface area (Å²) in [6.45, 7) is 8.53. The summed E-state index contributed by atoms with van der Waals surface area (Å²) in [5, 5.41) is 8.89. The van der Waals surface area contributed by atoms with E-state index < -0.39 is 0 Å². The van der Waals surface area contributed by atoms with Crippen LogP contribution in [0, 0.1) is 5.41 Å². The Morgan fingerprint density at radius 2 is 2.08 bits per heavy atom. The van der Waals surface area contributed by atoms with Crippen molar-refractivity contribution in [3.63, 3.8) is 0 Å². The van der Waals surface area contributed by atoms with Crippen LogP contribution < -0.4 is 0 Å². The molecule has 2 unspecified atom stereocenters. The van der Waals surface area contributed by atoms with Crippen molar-refractivity contribution in [1.82, 2.24) is 0 Å². The van der Waals surface area contributed by atoms with E-state index in [9.17, 15) is 0 Å². The predicted molar refractivity (Wildman–Crippen MR) is 49.0 cm³/mol. The summed E-state index contributed by atoms with van der Waals surface area (Å²) in [7, 11) is 0. The van der Waals surface area contributed by atoms with Crippen LogP contribution in [0.25, 0.3) is 0 Å². The van der Waals surface area contributed by atoms with Gasteiger partial charge in [-0.15, -0.1) is 0 Å². The highest BCUT2D eigenvalue weighted by atomic mass is 16.5. The lowest BCUT2D eigenvalue weighted by Gasteiger charge is -2.37. The quantitative estimate of drug-likeness (QED) is 0.607. The van der Waals surface area contributed by atoms with Crippen molar-refractivity contribution < 1.29 is 9.84 Å². The molecular weight excluding hydrogens is 152 g/mol. The standard InChI is InChI=1S/C10H18O2/c1-9(2,3)10(4)6-5-8(7-11)12-10/h5-6,8,11H,7H2,1-4H3. The van der Waals surface area contributed by atoms with Gasteiger partial charge in [-0.25, -0.2) is 0 Å². The van der Waals surface area contributed by atoms with Gasteiger partial charge >= 0.3 is 0 Å². The summed E-state index contributed by atoms with van der Waals surface area (Å²) in [4.78, 5) is 0. The molecule has 1 rings (SSSR count). The van der Waals surface area contributed by atoms with Crippen molar-refractivity contribution >= 4 is 0 Å². The number of hydrogen-bond donors (Lipinski definition) is 1. The topological polar surface area (TPSA) is 29.5 Å². The van der Waals surface area contributed by atoms with E-state index in [2.05, 4.69) is 27.7 Å². The summed E-state index contributed by atoms with van der Waals surface area (Å²) >= 11 is 0. The first kappa shape index (κ1) is 9.75. The smallest absolute Gasteiger partial charge is 0.0999 e. The first-order chi connectivity index (χ1) is 5.39. The van der Waals surface area contributed by atoms with Crippen LogP contribution in [0.3, 0.4) is 0 Å². The third-order valence-electron chi connectivity index (χ3n) is 2.69. The largest absolute Gasteiger partial charge is 0.393 e. The lowest BCUT2D eigenvalue weighted by molar-refractivity contribution is -0.0900. The molecule has 2 nitrogen and oxygen atoms in total. The highest BCUT2D eigenvalue weighted by Crippen LogP contribution is 2.39. The zero-order chi connectivity index (χ0) is 9.41. The minimum absolute atomic E-state index is 0.0716. The molecule has 2 atom stereocenters.